The molecule has 6 heteroatoms. The second kappa shape index (κ2) is 7.23. The van der Waals surface area contributed by atoms with Gasteiger partial charge in [0.25, 0.3) is 0 Å². The Kier molecular flexibility index (Phi) is 5.25. The summed E-state index contributed by atoms with van der Waals surface area (Å²) in [6.07, 6.45) is 0. The average molecular weight is 366 g/mol. The maximum atomic E-state index is 12.7. The van der Waals surface area contributed by atoms with Crippen LogP contribution in [-0.2, 0) is 10.0 Å². The molecule has 4 nitrogen and oxygen atoms in total. The third-order valence-electron chi connectivity index (χ3n) is 4.71. The third-order valence-corrected chi connectivity index (χ3v) is 6.84. The molecule has 0 unspecified atom stereocenters. The van der Waals surface area contributed by atoms with Crippen molar-refractivity contribution in [2.75, 3.05) is 26.2 Å². The van der Waals surface area contributed by atoms with Crippen molar-refractivity contribution >= 4 is 21.6 Å². The fourth-order valence-corrected chi connectivity index (χ4v) is 4.94. The Hall–Kier alpha value is -1.40. The van der Waals surface area contributed by atoms with Crippen LogP contribution < -0.4 is 4.90 Å². The normalized spacial score (nSPS) is 18.4. The highest BCUT2D eigenvalue weighted by Crippen LogP contribution is 2.20. The monoisotopic (exact) mass is 365 g/mol. The van der Waals surface area contributed by atoms with Gasteiger partial charge in [-0.2, -0.15) is 4.31 Å². The number of benzene rings is 2. The number of hydrogen-bond donors (Lipinski definition) is 1. The van der Waals surface area contributed by atoms with Crippen molar-refractivity contribution in [2.45, 2.75) is 17.9 Å². The lowest BCUT2D eigenvalue weighted by atomic mass is 10.1. The number of piperazine rings is 1. The van der Waals surface area contributed by atoms with Crippen LogP contribution in [0.2, 0.25) is 5.02 Å². The van der Waals surface area contributed by atoms with E-state index in [0.717, 1.165) is 13.1 Å². The molecule has 0 amide bonds. The molecule has 24 heavy (non-hydrogen) atoms. The van der Waals surface area contributed by atoms with Crippen LogP contribution >= 0.6 is 11.6 Å². The van der Waals surface area contributed by atoms with Gasteiger partial charge in [-0.25, -0.2) is 8.42 Å². The molecular weight excluding hydrogens is 344 g/mol. The summed E-state index contributed by atoms with van der Waals surface area (Å²) >= 11 is 5.94. The van der Waals surface area contributed by atoms with Gasteiger partial charge in [0.15, 0.2) is 0 Å². The number of hydrogen-bond acceptors (Lipinski definition) is 2. The first kappa shape index (κ1) is 17.4. The molecule has 128 valence electrons. The van der Waals surface area contributed by atoms with E-state index in [-0.39, 0.29) is 4.90 Å². The number of rotatable bonds is 4. The van der Waals surface area contributed by atoms with E-state index in [2.05, 4.69) is 19.1 Å². The zero-order valence-electron chi connectivity index (χ0n) is 13.7. The summed E-state index contributed by atoms with van der Waals surface area (Å²) in [4.78, 5) is 1.69. The number of halogens is 1. The van der Waals surface area contributed by atoms with Crippen LogP contribution in [0.4, 0.5) is 0 Å². The van der Waals surface area contributed by atoms with Crippen molar-refractivity contribution in [3.8, 4) is 0 Å². The smallest absolute Gasteiger partial charge is 0.243 e. The molecule has 3 rings (SSSR count). The van der Waals surface area contributed by atoms with Crippen molar-refractivity contribution < 1.29 is 13.3 Å². The van der Waals surface area contributed by atoms with E-state index in [1.54, 1.807) is 22.5 Å². The maximum Gasteiger partial charge on any atom is 0.243 e. The molecule has 2 aromatic carbocycles. The van der Waals surface area contributed by atoms with Gasteiger partial charge >= 0.3 is 0 Å². The zero-order valence-corrected chi connectivity index (χ0v) is 15.2. The fraction of sp³-hybridized carbons (Fsp3) is 0.333. The highest BCUT2D eigenvalue weighted by molar-refractivity contribution is 7.89. The van der Waals surface area contributed by atoms with Gasteiger partial charge in [0, 0.05) is 10.6 Å². The first-order chi connectivity index (χ1) is 11.5. The van der Waals surface area contributed by atoms with Gasteiger partial charge in [0.1, 0.15) is 6.04 Å². The molecule has 0 saturated carbocycles. The van der Waals surface area contributed by atoms with Crippen LogP contribution in [0.15, 0.2) is 59.5 Å². The van der Waals surface area contributed by atoms with Crippen molar-refractivity contribution in [3.05, 3.63) is 65.2 Å². The second-order valence-corrected chi connectivity index (χ2v) is 8.53. The second-order valence-electron chi connectivity index (χ2n) is 6.15. The van der Waals surface area contributed by atoms with E-state index >= 15 is 0 Å². The van der Waals surface area contributed by atoms with Gasteiger partial charge in [-0.05, 0) is 25.1 Å². The summed E-state index contributed by atoms with van der Waals surface area (Å²) in [5.74, 6) is 0. The Morgan fingerprint density at radius 2 is 1.71 bits per heavy atom. The van der Waals surface area contributed by atoms with Crippen molar-refractivity contribution in [3.63, 3.8) is 0 Å². The number of nitrogens with one attached hydrogen (secondary N) is 1. The molecule has 0 bridgehead atoms. The topological polar surface area (TPSA) is 41.8 Å². The van der Waals surface area contributed by atoms with E-state index in [1.807, 2.05) is 18.2 Å². The van der Waals surface area contributed by atoms with Crippen molar-refractivity contribution in [1.82, 2.24) is 4.31 Å². The van der Waals surface area contributed by atoms with Gasteiger partial charge in [0.05, 0.1) is 31.1 Å². The molecule has 0 radical (unpaired) electrons. The summed E-state index contributed by atoms with van der Waals surface area (Å²) in [6.45, 7) is 4.86. The van der Waals surface area contributed by atoms with E-state index in [9.17, 15) is 8.42 Å². The van der Waals surface area contributed by atoms with Crippen LogP contribution in [0, 0.1) is 0 Å². The molecule has 1 aliphatic rings. The predicted octanol–water partition coefficient (Wildman–Crippen LogP) is 1.99. The van der Waals surface area contributed by atoms with Gasteiger partial charge < -0.3 is 4.90 Å². The molecule has 2 aromatic rings. The molecule has 1 aliphatic heterocycles. The van der Waals surface area contributed by atoms with Crippen LogP contribution in [0.5, 0.6) is 0 Å². The Balaban J connectivity index is 1.69. The first-order valence-corrected chi connectivity index (χ1v) is 9.95. The predicted molar refractivity (Wildman–Crippen MR) is 95.8 cm³/mol. The molecule has 1 atom stereocenters. The minimum atomic E-state index is -3.46. The molecule has 1 N–H and O–H groups in total. The third kappa shape index (κ3) is 3.64. The molecule has 0 aliphatic carbocycles. The first-order valence-electron chi connectivity index (χ1n) is 8.14. The summed E-state index contributed by atoms with van der Waals surface area (Å²) < 4.78 is 27.1. The molecule has 0 spiro atoms. The van der Waals surface area contributed by atoms with Crippen molar-refractivity contribution in [2.24, 2.45) is 0 Å². The van der Waals surface area contributed by atoms with E-state index in [1.165, 1.54) is 16.5 Å². The van der Waals surface area contributed by atoms with Gasteiger partial charge in [-0.15, -0.1) is 0 Å². The number of sulfonamides is 1. The van der Waals surface area contributed by atoms with Gasteiger partial charge in [-0.1, -0.05) is 48.0 Å². The molecule has 1 heterocycles. The highest BCUT2D eigenvalue weighted by atomic mass is 35.5. The molecule has 1 saturated heterocycles. The summed E-state index contributed by atoms with van der Waals surface area (Å²) in [6, 6.07) is 17.2. The lowest BCUT2D eigenvalue weighted by Crippen LogP contribution is -3.14. The van der Waals surface area contributed by atoms with E-state index in [0.29, 0.717) is 24.2 Å². The minimum Gasteiger partial charge on any atom is -0.327 e. The molecule has 0 aromatic heterocycles. The lowest BCUT2D eigenvalue weighted by Gasteiger charge is -2.35. The number of nitrogens with zero attached hydrogens (tertiary/aromatic N) is 1. The maximum absolute atomic E-state index is 12.7. The highest BCUT2D eigenvalue weighted by Gasteiger charge is 2.32. The lowest BCUT2D eigenvalue weighted by molar-refractivity contribution is -0.933. The SMILES string of the molecule is C[C@H](c1ccccc1)[NH+]1CCN(S(=O)(=O)c2cccc(Cl)c2)CC1. The minimum absolute atomic E-state index is 0.273. The van der Waals surface area contributed by atoms with E-state index in [4.69, 9.17) is 11.6 Å². The fourth-order valence-electron chi connectivity index (χ4n) is 3.20. The number of quaternary nitrogens is 1. The summed E-state index contributed by atoms with van der Waals surface area (Å²) in [5, 5.41) is 0.443. The summed E-state index contributed by atoms with van der Waals surface area (Å²) in [5.41, 5.74) is 1.29. The Bertz CT molecular complexity index is 788. The molecular formula is C18H22ClN2O2S+. The standard InChI is InChI=1S/C18H21ClN2O2S/c1-15(16-6-3-2-4-7-16)20-10-12-21(13-11-20)24(22,23)18-9-5-8-17(19)14-18/h2-9,14-15H,10-13H2,1H3/p+1/t15-/m1/s1. The largest absolute Gasteiger partial charge is 0.327 e. The van der Waals surface area contributed by atoms with Crippen LogP contribution in [0.25, 0.3) is 0 Å². The van der Waals surface area contributed by atoms with Gasteiger partial charge in [-0.3, -0.25) is 0 Å². The quantitative estimate of drug-likeness (QED) is 0.900. The van der Waals surface area contributed by atoms with Crippen LogP contribution in [0.3, 0.4) is 0 Å². The Morgan fingerprint density at radius 1 is 1.04 bits per heavy atom. The Labute approximate surface area is 148 Å². The molecule has 1 fully saturated rings. The average Bonchev–Trinajstić information content (AvgIpc) is 2.62. The zero-order chi connectivity index (χ0) is 17.2. The van der Waals surface area contributed by atoms with Crippen LogP contribution in [0.1, 0.15) is 18.5 Å². The Morgan fingerprint density at radius 3 is 2.33 bits per heavy atom. The van der Waals surface area contributed by atoms with Crippen molar-refractivity contribution in [1.29, 1.82) is 0 Å². The summed E-state index contributed by atoms with van der Waals surface area (Å²) in [7, 11) is -3.46. The van der Waals surface area contributed by atoms with Crippen LogP contribution in [-0.4, -0.2) is 38.9 Å². The van der Waals surface area contributed by atoms with E-state index < -0.39 is 10.0 Å². The van der Waals surface area contributed by atoms with Gasteiger partial charge in [0.2, 0.25) is 10.0 Å².